The van der Waals surface area contributed by atoms with Gasteiger partial charge in [0.1, 0.15) is 48.7 Å². The maximum atomic E-state index is 12.6. The van der Waals surface area contributed by atoms with E-state index in [1.807, 2.05) is 69.9 Å². The molecular weight excluding hydrogens is 664 g/mol. The zero-order valence-electron chi connectivity index (χ0n) is 31.3. The van der Waals surface area contributed by atoms with Gasteiger partial charge in [0, 0.05) is 45.2 Å². The molecule has 3 aromatic heterocycles. The van der Waals surface area contributed by atoms with Gasteiger partial charge in [-0.1, -0.05) is 0 Å². The van der Waals surface area contributed by atoms with Gasteiger partial charge in [-0.3, -0.25) is 14.4 Å². The number of carbonyl (C=O) groups is 3. The van der Waals surface area contributed by atoms with Crippen LogP contribution in [-0.4, -0.2) is 77.6 Å². The number of aryl methyl sites for hydroxylation is 3. The molecular formula is C38H65N8O6+3. The van der Waals surface area contributed by atoms with Gasteiger partial charge in [0.2, 0.25) is 24.9 Å². The molecule has 3 heterocycles. The largest absolute Gasteiger partial charge is 0.358 e. The monoisotopic (exact) mass is 730 g/mol. The molecule has 3 aromatic rings. The Balaban J connectivity index is 1.29. The second-order valence-electron chi connectivity index (χ2n) is 13.8. The highest BCUT2D eigenvalue weighted by atomic mass is 16.3. The van der Waals surface area contributed by atoms with E-state index in [1.54, 1.807) is 13.7 Å². The number of hydrogen-bond acceptors (Lipinski definition) is 7. The van der Waals surface area contributed by atoms with Gasteiger partial charge in [0.05, 0.1) is 19.6 Å². The molecule has 52 heavy (non-hydrogen) atoms. The van der Waals surface area contributed by atoms with Crippen LogP contribution in [0.3, 0.4) is 0 Å². The number of aliphatic hydroxyl groups excluding tert-OH is 3. The minimum atomic E-state index is -0.0324. The Hall–Kier alpha value is -3.72. The average molecular weight is 730 g/mol. The second-order valence-corrected chi connectivity index (χ2v) is 13.8. The lowest BCUT2D eigenvalue weighted by Crippen LogP contribution is -2.36. The van der Waals surface area contributed by atoms with Crippen LogP contribution in [-0.2, 0) is 54.2 Å². The molecule has 14 nitrogen and oxygen atoms in total. The molecule has 0 saturated heterocycles. The van der Waals surface area contributed by atoms with Crippen molar-refractivity contribution in [1.82, 2.24) is 23.9 Å². The third-order valence-electron chi connectivity index (χ3n) is 9.40. The Morgan fingerprint density at radius 1 is 0.500 bits per heavy atom. The molecule has 4 N–H and O–H groups in total. The summed E-state index contributed by atoms with van der Waals surface area (Å²) in [6, 6.07) is 0. The van der Waals surface area contributed by atoms with Gasteiger partial charge in [-0.2, -0.15) is 0 Å². The van der Waals surface area contributed by atoms with Crippen LogP contribution in [0.1, 0.15) is 103 Å². The van der Waals surface area contributed by atoms with E-state index in [9.17, 15) is 29.7 Å². The minimum Gasteiger partial charge on any atom is -0.358 e. The molecule has 290 valence electrons. The number of unbranched alkanes of at least 4 members (excludes halogenated alkanes) is 6. The van der Waals surface area contributed by atoms with Gasteiger partial charge in [0.25, 0.3) is 0 Å². The fourth-order valence-electron chi connectivity index (χ4n) is 6.33. The van der Waals surface area contributed by atoms with Crippen molar-refractivity contribution in [2.24, 2.45) is 0 Å². The third kappa shape index (κ3) is 18.7. The van der Waals surface area contributed by atoms with Crippen LogP contribution in [0.25, 0.3) is 0 Å². The van der Waals surface area contributed by atoms with E-state index < -0.39 is 0 Å². The zero-order valence-corrected chi connectivity index (χ0v) is 31.3. The molecule has 0 bridgehead atoms. The van der Waals surface area contributed by atoms with Crippen molar-refractivity contribution in [1.29, 1.82) is 0 Å². The first-order valence-electron chi connectivity index (χ1n) is 19.4. The molecule has 0 spiro atoms. The molecule has 0 aliphatic carbocycles. The van der Waals surface area contributed by atoms with Crippen molar-refractivity contribution in [2.75, 3.05) is 26.2 Å². The number of imidazole rings is 3. The topological polar surface area (TPSA) is 154 Å². The smallest absolute Gasteiger partial charge is 0.245 e. The molecule has 0 radical (unpaired) electrons. The minimum absolute atomic E-state index is 0.0276. The van der Waals surface area contributed by atoms with Crippen molar-refractivity contribution in [3.63, 3.8) is 0 Å². The molecule has 0 fully saturated rings. The summed E-state index contributed by atoms with van der Waals surface area (Å²) in [4.78, 5) is 40.0. The molecule has 14 heteroatoms. The highest BCUT2D eigenvalue weighted by molar-refractivity contribution is 5.78. The Labute approximate surface area is 309 Å². The van der Waals surface area contributed by atoms with Crippen LogP contribution in [0.5, 0.6) is 0 Å². The zero-order chi connectivity index (χ0) is 37.2. The average Bonchev–Trinajstić information content (AvgIpc) is 3.92. The lowest BCUT2D eigenvalue weighted by molar-refractivity contribution is -0.729. The second kappa shape index (κ2) is 26.1. The number of rotatable bonds is 32. The number of Topliss-reactive ketones (excluding diaryl/α,β-unsaturated/α-hetero) is 2. The van der Waals surface area contributed by atoms with E-state index in [0.717, 1.165) is 103 Å². The van der Waals surface area contributed by atoms with Crippen molar-refractivity contribution in [3.8, 4) is 0 Å². The summed E-state index contributed by atoms with van der Waals surface area (Å²) in [7, 11) is 0. The number of hydrogen-bond donors (Lipinski definition) is 4. The molecule has 0 atom stereocenters. The molecule has 1 amide bonds. The quantitative estimate of drug-likeness (QED) is 0.0567. The normalized spacial score (nSPS) is 11.5. The number of aliphatic hydroxyl groups is 3. The molecule has 0 aliphatic rings. The summed E-state index contributed by atoms with van der Waals surface area (Å²) in [5.41, 5.74) is 0. The van der Waals surface area contributed by atoms with Gasteiger partial charge in [-0.25, -0.2) is 27.4 Å². The van der Waals surface area contributed by atoms with Crippen LogP contribution in [0.15, 0.2) is 56.2 Å². The Morgan fingerprint density at radius 3 is 1.27 bits per heavy atom. The van der Waals surface area contributed by atoms with Crippen molar-refractivity contribution in [3.05, 3.63) is 56.2 Å². The fraction of sp³-hybridized carbons (Fsp3) is 0.684. The van der Waals surface area contributed by atoms with E-state index in [-0.39, 0.29) is 37.7 Å². The summed E-state index contributed by atoms with van der Waals surface area (Å²) < 4.78 is 11.3. The van der Waals surface area contributed by atoms with Crippen molar-refractivity contribution >= 4 is 17.5 Å². The van der Waals surface area contributed by atoms with Gasteiger partial charge in [-0.15, -0.1) is 0 Å². The van der Waals surface area contributed by atoms with Crippen LogP contribution in [0.2, 0.25) is 0 Å². The van der Waals surface area contributed by atoms with E-state index in [1.165, 1.54) is 0 Å². The summed E-state index contributed by atoms with van der Waals surface area (Å²) in [5, 5.41) is 30.6. The first kappa shape index (κ1) is 42.7. The highest BCUT2D eigenvalue weighted by Gasteiger charge is 2.11. The highest BCUT2D eigenvalue weighted by Crippen LogP contribution is 2.09. The van der Waals surface area contributed by atoms with Crippen LogP contribution in [0, 0.1) is 0 Å². The predicted octanol–water partition coefficient (Wildman–Crippen LogP) is 2.00. The Bertz CT molecular complexity index is 1250. The Kier molecular flexibility index (Phi) is 21.4. The molecule has 0 unspecified atom stereocenters. The first-order chi connectivity index (χ1) is 25.4. The number of aromatic nitrogens is 6. The van der Waals surface area contributed by atoms with Gasteiger partial charge in [0.15, 0.2) is 20.2 Å². The standard InChI is InChI=1S/C38H64N8O6/c47-33-44-27-24-41(30-44)18-7-1-4-12-36(50)14-10-21-40(22-11-15-37(51)13-5-2-8-19-42-25-28-45(31-42)34-48)23-17-39-38(52)16-6-3-9-20-43-26-29-46(32-43)35-49/h24-32,47-49H,1-23,33-35H2/q+2/p+1. The fourth-order valence-corrected chi connectivity index (χ4v) is 6.33. The van der Waals surface area contributed by atoms with E-state index in [2.05, 4.69) is 10.2 Å². The number of ketones is 2. The molecule has 0 saturated carbocycles. The number of carbonyl (C=O) groups excluding carboxylic acids is 3. The van der Waals surface area contributed by atoms with Crippen molar-refractivity contribution < 1.29 is 43.4 Å². The lowest BCUT2D eigenvalue weighted by Gasteiger charge is -2.22. The Morgan fingerprint density at radius 2 is 0.885 bits per heavy atom. The van der Waals surface area contributed by atoms with Crippen LogP contribution in [0.4, 0.5) is 0 Å². The maximum absolute atomic E-state index is 12.6. The van der Waals surface area contributed by atoms with Gasteiger partial charge in [-0.05, 0) is 83.7 Å². The number of nitrogens with zero attached hydrogens (tertiary/aromatic N) is 7. The summed E-state index contributed by atoms with van der Waals surface area (Å²) >= 11 is 0. The SMILES string of the molecule is O=C(CCCCCn1cc[n+](CO)c1)CCCN(CCCC(=O)CCCCCn1cc[n+](CO)c1)CCNC(=O)CCCCCn1cc[n+](CO)c1. The number of nitrogens with one attached hydrogen (secondary N) is 1. The van der Waals surface area contributed by atoms with Gasteiger partial charge < -0.3 is 25.5 Å². The molecule has 0 aromatic carbocycles. The van der Waals surface area contributed by atoms with Crippen LogP contribution >= 0.6 is 0 Å². The van der Waals surface area contributed by atoms with E-state index in [0.29, 0.717) is 45.2 Å². The van der Waals surface area contributed by atoms with E-state index >= 15 is 0 Å². The summed E-state index contributed by atoms with van der Waals surface area (Å²) in [6.45, 7) is 5.28. The van der Waals surface area contributed by atoms with Crippen molar-refractivity contribution in [2.45, 2.75) is 143 Å². The lowest BCUT2D eigenvalue weighted by atomic mass is 10.1. The first-order valence-corrected chi connectivity index (χ1v) is 19.4. The summed E-state index contributed by atoms with van der Waals surface area (Å²) in [6.07, 6.45) is 29.7. The number of amides is 1. The molecule has 0 aliphatic heterocycles. The third-order valence-corrected chi connectivity index (χ3v) is 9.40. The summed E-state index contributed by atoms with van der Waals surface area (Å²) in [5.74, 6) is 0.630. The molecule has 3 rings (SSSR count). The predicted molar refractivity (Wildman–Crippen MR) is 194 cm³/mol. The maximum Gasteiger partial charge on any atom is 0.245 e. The van der Waals surface area contributed by atoms with Crippen LogP contribution < -0.4 is 19.0 Å². The van der Waals surface area contributed by atoms with Gasteiger partial charge >= 0.3 is 0 Å². The van der Waals surface area contributed by atoms with E-state index in [4.69, 9.17) is 0 Å².